The van der Waals surface area contributed by atoms with Crippen LogP contribution in [0.15, 0.2) is 24.3 Å². The minimum Gasteiger partial charge on any atom is -0.391 e. The van der Waals surface area contributed by atoms with E-state index in [1.165, 1.54) is 11.1 Å². The molecule has 3 rings (SSSR count). The van der Waals surface area contributed by atoms with Crippen molar-refractivity contribution in [3.63, 3.8) is 0 Å². The van der Waals surface area contributed by atoms with Gasteiger partial charge in [0.25, 0.3) is 0 Å². The molecule has 2 aliphatic rings. The summed E-state index contributed by atoms with van der Waals surface area (Å²) in [4.78, 5) is 14.1. The van der Waals surface area contributed by atoms with Gasteiger partial charge in [-0.1, -0.05) is 24.3 Å². The molecule has 102 valence electrons. The summed E-state index contributed by atoms with van der Waals surface area (Å²) in [6.07, 6.45) is 4.12. The van der Waals surface area contributed by atoms with E-state index in [1.807, 2.05) is 4.90 Å². The largest absolute Gasteiger partial charge is 0.391 e. The highest BCUT2D eigenvalue weighted by atomic mass is 16.3. The van der Waals surface area contributed by atoms with Crippen LogP contribution in [-0.4, -0.2) is 35.1 Å². The molecular formula is C16H21NO2. The monoisotopic (exact) mass is 259 g/mol. The molecule has 1 atom stereocenters. The van der Waals surface area contributed by atoms with Gasteiger partial charge in [-0.05, 0) is 42.7 Å². The van der Waals surface area contributed by atoms with Crippen LogP contribution in [0.25, 0.3) is 0 Å². The van der Waals surface area contributed by atoms with Crippen molar-refractivity contribution in [1.29, 1.82) is 0 Å². The summed E-state index contributed by atoms with van der Waals surface area (Å²) in [6, 6.07) is 8.49. The van der Waals surface area contributed by atoms with Gasteiger partial charge in [0.15, 0.2) is 0 Å². The molecule has 1 aliphatic carbocycles. The van der Waals surface area contributed by atoms with Crippen LogP contribution in [0.4, 0.5) is 0 Å². The number of hydrogen-bond donors (Lipinski definition) is 1. The molecule has 19 heavy (non-hydrogen) atoms. The Morgan fingerprint density at radius 2 is 1.95 bits per heavy atom. The first-order valence-electron chi connectivity index (χ1n) is 7.25. The Balaban J connectivity index is 1.57. The number of nitrogens with zero attached hydrogens (tertiary/aromatic N) is 1. The molecule has 1 aromatic carbocycles. The van der Waals surface area contributed by atoms with Gasteiger partial charge < -0.3 is 10.0 Å². The van der Waals surface area contributed by atoms with Gasteiger partial charge in [0.05, 0.1) is 6.10 Å². The van der Waals surface area contributed by atoms with E-state index in [0.29, 0.717) is 18.9 Å². The Morgan fingerprint density at radius 3 is 2.58 bits per heavy atom. The van der Waals surface area contributed by atoms with Crippen molar-refractivity contribution in [2.75, 3.05) is 13.1 Å². The maximum atomic E-state index is 12.3. The molecule has 1 heterocycles. The highest BCUT2D eigenvalue weighted by molar-refractivity contribution is 5.76. The van der Waals surface area contributed by atoms with Crippen LogP contribution in [0.1, 0.15) is 30.4 Å². The van der Waals surface area contributed by atoms with Gasteiger partial charge in [-0.3, -0.25) is 4.79 Å². The fourth-order valence-electron chi connectivity index (χ4n) is 3.35. The van der Waals surface area contributed by atoms with Crippen LogP contribution in [0.5, 0.6) is 0 Å². The Hall–Kier alpha value is -1.35. The number of β-amino-alcohol motifs (C(OH)–C–C–N with tert-alkyl or cyclic N) is 1. The number of aliphatic hydroxyl groups is 1. The molecule has 1 aromatic rings. The maximum absolute atomic E-state index is 12.3. The molecule has 1 N–H and O–H groups in total. The summed E-state index contributed by atoms with van der Waals surface area (Å²) in [5.41, 5.74) is 2.80. The van der Waals surface area contributed by atoms with Crippen molar-refractivity contribution in [3.05, 3.63) is 35.4 Å². The SMILES string of the molecule is O=C(CC1Cc2ccccc2C1)N1CCCC(O)C1. The molecule has 0 saturated carbocycles. The molecule has 1 amide bonds. The minimum atomic E-state index is -0.321. The number of aliphatic hydroxyl groups excluding tert-OH is 1. The summed E-state index contributed by atoms with van der Waals surface area (Å²) >= 11 is 0. The van der Waals surface area contributed by atoms with E-state index in [2.05, 4.69) is 24.3 Å². The number of carbonyl (C=O) groups is 1. The highest BCUT2D eigenvalue weighted by Crippen LogP contribution is 2.29. The molecule has 0 spiro atoms. The van der Waals surface area contributed by atoms with Crippen molar-refractivity contribution in [1.82, 2.24) is 4.90 Å². The van der Waals surface area contributed by atoms with E-state index < -0.39 is 0 Å². The van der Waals surface area contributed by atoms with Crippen molar-refractivity contribution in [2.45, 2.75) is 38.2 Å². The number of piperidine rings is 1. The normalized spacial score (nSPS) is 23.4. The summed E-state index contributed by atoms with van der Waals surface area (Å²) in [5, 5.41) is 9.64. The van der Waals surface area contributed by atoms with E-state index in [0.717, 1.165) is 32.2 Å². The fourth-order valence-corrected chi connectivity index (χ4v) is 3.35. The van der Waals surface area contributed by atoms with Crippen molar-refractivity contribution >= 4 is 5.91 Å². The van der Waals surface area contributed by atoms with Crippen molar-refractivity contribution in [2.24, 2.45) is 5.92 Å². The first kappa shape index (κ1) is 12.7. The topological polar surface area (TPSA) is 40.5 Å². The molecule has 0 aromatic heterocycles. The van der Waals surface area contributed by atoms with E-state index in [-0.39, 0.29) is 12.0 Å². The van der Waals surface area contributed by atoms with E-state index >= 15 is 0 Å². The van der Waals surface area contributed by atoms with Crippen molar-refractivity contribution in [3.8, 4) is 0 Å². The first-order valence-corrected chi connectivity index (χ1v) is 7.25. The standard InChI is InChI=1S/C16H21NO2/c18-15-6-3-7-17(11-15)16(19)10-12-8-13-4-1-2-5-14(13)9-12/h1-2,4-5,12,15,18H,3,6-11H2. The lowest BCUT2D eigenvalue weighted by Crippen LogP contribution is -2.42. The van der Waals surface area contributed by atoms with E-state index in [4.69, 9.17) is 0 Å². The Labute approximate surface area is 114 Å². The number of likely N-dealkylation sites (tertiary alicyclic amines) is 1. The Morgan fingerprint density at radius 1 is 1.26 bits per heavy atom. The third-order valence-electron chi connectivity index (χ3n) is 4.35. The first-order chi connectivity index (χ1) is 9.22. The maximum Gasteiger partial charge on any atom is 0.222 e. The minimum absolute atomic E-state index is 0.219. The van der Waals surface area contributed by atoms with Gasteiger partial charge in [-0.25, -0.2) is 0 Å². The third kappa shape index (κ3) is 2.81. The lowest BCUT2D eigenvalue weighted by atomic mass is 10.00. The van der Waals surface area contributed by atoms with E-state index in [9.17, 15) is 9.90 Å². The summed E-state index contributed by atoms with van der Waals surface area (Å²) in [6.45, 7) is 1.34. The smallest absolute Gasteiger partial charge is 0.222 e. The van der Waals surface area contributed by atoms with Gasteiger partial charge in [0, 0.05) is 19.5 Å². The van der Waals surface area contributed by atoms with Crippen molar-refractivity contribution < 1.29 is 9.90 Å². The van der Waals surface area contributed by atoms with Crippen LogP contribution < -0.4 is 0 Å². The van der Waals surface area contributed by atoms with Crippen LogP contribution in [-0.2, 0) is 17.6 Å². The zero-order valence-corrected chi connectivity index (χ0v) is 11.2. The highest BCUT2D eigenvalue weighted by Gasteiger charge is 2.27. The zero-order valence-electron chi connectivity index (χ0n) is 11.2. The molecular weight excluding hydrogens is 238 g/mol. The number of carbonyl (C=O) groups excluding carboxylic acids is 1. The van der Waals surface area contributed by atoms with Crippen LogP contribution in [0, 0.1) is 5.92 Å². The van der Waals surface area contributed by atoms with E-state index in [1.54, 1.807) is 0 Å². The molecule has 1 aliphatic heterocycles. The second kappa shape index (κ2) is 5.33. The third-order valence-corrected chi connectivity index (χ3v) is 4.35. The fraction of sp³-hybridized carbons (Fsp3) is 0.562. The zero-order chi connectivity index (χ0) is 13.2. The number of amides is 1. The molecule has 1 saturated heterocycles. The molecule has 0 bridgehead atoms. The molecule has 0 radical (unpaired) electrons. The number of fused-ring (bicyclic) bond motifs is 1. The van der Waals surface area contributed by atoms with Crippen LogP contribution in [0.3, 0.4) is 0 Å². The van der Waals surface area contributed by atoms with Crippen LogP contribution >= 0.6 is 0 Å². The molecule has 1 fully saturated rings. The van der Waals surface area contributed by atoms with Gasteiger partial charge in [0.2, 0.25) is 5.91 Å². The quantitative estimate of drug-likeness (QED) is 0.879. The second-order valence-electron chi connectivity index (χ2n) is 5.88. The number of rotatable bonds is 2. The van der Waals surface area contributed by atoms with Gasteiger partial charge in [-0.15, -0.1) is 0 Å². The Bertz CT molecular complexity index is 447. The lowest BCUT2D eigenvalue weighted by molar-refractivity contribution is -0.135. The number of hydrogen-bond acceptors (Lipinski definition) is 2. The average molecular weight is 259 g/mol. The molecule has 3 nitrogen and oxygen atoms in total. The predicted molar refractivity (Wildman–Crippen MR) is 73.8 cm³/mol. The summed E-state index contributed by atoms with van der Waals surface area (Å²) in [7, 11) is 0. The average Bonchev–Trinajstić information content (AvgIpc) is 2.80. The van der Waals surface area contributed by atoms with Gasteiger partial charge in [-0.2, -0.15) is 0 Å². The summed E-state index contributed by atoms with van der Waals surface area (Å²) in [5.74, 6) is 0.667. The van der Waals surface area contributed by atoms with Crippen LogP contribution in [0.2, 0.25) is 0 Å². The number of benzene rings is 1. The second-order valence-corrected chi connectivity index (χ2v) is 5.88. The summed E-state index contributed by atoms with van der Waals surface area (Å²) < 4.78 is 0. The predicted octanol–water partition coefficient (Wildman–Crippen LogP) is 1.77. The molecule has 3 heteroatoms. The lowest BCUT2D eigenvalue weighted by Gasteiger charge is -2.30. The van der Waals surface area contributed by atoms with Gasteiger partial charge in [0.1, 0.15) is 0 Å². The van der Waals surface area contributed by atoms with Gasteiger partial charge >= 0.3 is 0 Å². The molecule has 1 unspecified atom stereocenters. The Kier molecular flexibility index (Phi) is 3.56.